The summed E-state index contributed by atoms with van der Waals surface area (Å²) in [6.07, 6.45) is 3.94. The Hall–Kier alpha value is -2.11. The second kappa shape index (κ2) is 7.64. The van der Waals surface area contributed by atoms with Crippen molar-refractivity contribution in [3.63, 3.8) is 0 Å². The molecular formula is C21H23BrN4. The largest absolute Gasteiger partial charge is 0.339 e. The maximum Gasteiger partial charge on any atom is 0.210 e. The van der Waals surface area contributed by atoms with Gasteiger partial charge < -0.3 is 4.90 Å². The molecule has 0 radical (unpaired) electrons. The molecule has 0 N–H and O–H groups in total. The quantitative estimate of drug-likeness (QED) is 0.641. The van der Waals surface area contributed by atoms with Gasteiger partial charge in [0, 0.05) is 55.3 Å². The molecule has 1 aliphatic rings. The van der Waals surface area contributed by atoms with Crippen molar-refractivity contribution in [2.24, 2.45) is 0 Å². The van der Waals surface area contributed by atoms with Crippen molar-refractivity contribution in [1.29, 1.82) is 0 Å². The smallest absolute Gasteiger partial charge is 0.210 e. The SMILES string of the molecule is Cc1ccc(-n2ccnc2N2CCN(Cc3ccc(Br)cc3)CC2)cc1. The van der Waals surface area contributed by atoms with Gasteiger partial charge in [-0.05, 0) is 36.8 Å². The van der Waals surface area contributed by atoms with Gasteiger partial charge in [-0.15, -0.1) is 0 Å². The van der Waals surface area contributed by atoms with Crippen molar-refractivity contribution in [2.45, 2.75) is 13.5 Å². The maximum atomic E-state index is 4.62. The molecule has 26 heavy (non-hydrogen) atoms. The molecule has 4 rings (SSSR count). The molecular weight excluding hydrogens is 388 g/mol. The summed E-state index contributed by atoms with van der Waals surface area (Å²) in [6.45, 7) is 7.23. The first-order chi connectivity index (χ1) is 12.7. The van der Waals surface area contributed by atoms with Crippen LogP contribution < -0.4 is 4.90 Å². The molecule has 2 aromatic carbocycles. The zero-order chi connectivity index (χ0) is 17.9. The van der Waals surface area contributed by atoms with E-state index in [2.05, 4.69) is 90.7 Å². The fourth-order valence-electron chi connectivity index (χ4n) is 3.39. The van der Waals surface area contributed by atoms with Crippen molar-refractivity contribution in [3.05, 3.63) is 76.5 Å². The minimum Gasteiger partial charge on any atom is -0.339 e. The number of imidazole rings is 1. The highest BCUT2D eigenvalue weighted by Gasteiger charge is 2.20. The first kappa shape index (κ1) is 17.3. The summed E-state index contributed by atoms with van der Waals surface area (Å²) < 4.78 is 3.32. The Morgan fingerprint density at radius 3 is 2.31 bits per heavy atom. The molecule has 4 nitrogen and oxygen atoms in total. The zero-order valence-corrected chi connectivity index (χ0v) is 16.6. The van der Waals surface area contributed by atoms with E-state index in [4.69, 9.17) is 0 Å². The third-order valence-corrected chi connectivity index (χ3v) is 5.44. The van der Waals surface area contributed by atoms with Gasteiger partial charge in [0.1, 0.15) is 0 Å². The summed E-state index contributed by atoms with van der Waals surface area (Å²) in [7, 11) is 0. The van der Waals surface area contributed by atoms with Gasteiger partial charge in [-0.3, -0.25) is 9.47 Å². The summed E-state index contributed by atoms with van der Waals surface area (Å²) in [5.41, 5.74) is 3.81. The average molecular weight is 411 g/mol. The van der Waals surface area contributed by atoms with Crippen molar-refractivity contribution >= 4 is 21.9 Å². The van der Waals surface area contributed by atoms with E-state index in [1.807, 2.05) is 12.4 Å². The second-order valence-corrected chi connectivity index (χ2v) is 7.74. The summed E-state index contributed by atoms with van der Waals surface area (Å²) in [6, 6.07) is 17.2. The number of benzene rings is 2. The van der Waals surface area contributed by atoms with Gasteiger partial charge in [0.2, 0.25) is 5.95 Å². The van der Waals surface area contributed by atoms with Gasteiger partial charge in [-0.25, -0.2) is 4.98 Å². The number of piperazine rings is 1. The van der Waals surface area contributed by atoms with Crippen LogP contribution in [0.4, 0.5) is 5.95 Å². The van der Waals surface area contributed by atoms with Gasteiger partial charge >= 0.3 is 0 Å². The van der Waals surface area contributed by atoms with Crippen LogP contribution in [0.25, 0.3) is 5.69 Å². The summed E-state index contributed by atoms with van der Waals surface area (Å²) in [5.74, 6) is 1.04. The second-order valence-electron chi connectivity index (χ2n) is 6.82. The first-order valence-corrected chi connectivity index (χ1v) is 9.80. The first-order valence-electron chi connectivity index (χ1n) is 9.01. The van der Waals surface area contributed by atoms with E-state index >= 15 is 0 Å². The number of halogens is 1. The van der Waals surface area contributed by atoms with Gasteiger partial charge in [0.25, 0.3) is 0 Å². The molecule has 3 aromatic rings. The maximum absolute atomic E-state index is 4.62. The zero-order valence-electron chi connectivity index (χ0n) is 15.0. The molecule has 1 fully saturated rings. The van der Waals surface area contributed by atoms with Crippen LogP contribution in [0.15, 0.2) is 65.4 Å². The molecule has 1 aromatic heterocycles. The fraction of sp³-hybridized carbons (Fsp3) is 0.286. The molecule has 0 spiro atoms. The Morgan fingerprint density at radius 2 is 1.62 bits per heavy atom. The molecule has 0 amide bonds. The lowest BCUT2D eigenvalue weighted by Crippen LogP contribution is -2.46. The van der Waals surface area contributed by atoms with Crippen LogP contribution in [-0.4, -0.2) is 40.6 Å². The highest BCUT2D eigenvalue weighted by Crippen LogP contribution is 2.21. The van der Waals surface area contributed by atoms with E-state index in [0.29, 0.717) is 0 Å². The Bertz CT molecular complexity index is 846. The molecule has 0 saturated carbocycles. The normalized spacial score (nSPS) is 15.4. The summed E-state index contributed by atoms with van der Waals surface area (Å²) in [5, 5.41) is 0. The van der Waals surface area contributed by atoms with Crippen LogP contribution in [0.2, 0.25) is 0 Å². The number of hydrogen-bond donors (Lipinski definition) is 0. The average Bonchev–Trinajstić information content (AvgIpc) is 3.15. The molecule has 0 aliphatic carbocycles. The van der Waals surface area contributed by atoms with Crippen molar-refractivity contribution in [1.82, 2.24) is 14.5 Å². The van der Waals surface area contributed by atoms with Crippen LogP contribution in [-0.2, 0) is 6.54 Å². The van der Waals surface area contributed by atoms with E-state index in [9.17, 15) is 0 Å². The van der Waals surface area contributed by atoms with Crippen LogP contribution in [0.5, 0.6) is 0 Å². The lowest BCUT2D eigenvalue weighted by atomic mass is 10.2. The van der Waals surface area contributed by atoms with Gasteiger partial charge in [0.05, 0.1) is 0 Å². The molecule has 0 bridgehead atoms. The molecule has 1 aliphatic heterocycles. The number of hydrogen-bond acceptors (Lipinski definition) is 3. The Kier molecular flexibility index (Phi) is 5.09. The third-order valence-electron chi connectivity index (χ3n) is 4.91. The lowest BCUT2D eigenvalue weighted by molar-refractivity contribution is 0.248. The van der Waals surface area contributed by atoms with E-state index in [-0.39, 0.29) is 0 Å². The predicted molar refractivity (Wildman–Crippen MR) is 110 cm³/mol. The van der Waals surface area contributed by atoms with E-state index in [0.717, 1.165) is 43.1 Å². The predicted octanol–water partition coefficient (Wildman–Crippen LogP) is 4.27. The Labute approximate surface area is 163 Å². The van der Waals surface area contributed by atoms with Crippen molar-refractivity contribution < 1.29 is 0 Å². The molecule has 5 heteroatoms. The van der Waals surface area contributed by atoms with Crippen molar-refractivity contribution in [3.8, 4) is 5.69 Å². The van der Waals surface area contributed by atoms with Gasteiger partial charge in [-0.2, -0.15) is 0 Å². The van der Waals surface area contributed by atoms with Gasteiger partial charge in [0.15, 0.2) is 0 Å². The topological polar surface area (TPSA) is 24.3 Å². The number of aryl methyl sites for hydroxylation is 1. The molecule has 1 saturated heterocycles. The molecule has 0 atom stereocenters. The number of rotatable bonds is 4. The van der Waals surface area contributed by atoms with Crippen LogP contribution in [0, 0.1) is 6.92 Å². The highest BCUT2D eigenvalue weighted by atomic mass is 79.9. The number of aromatic nitrogens is 2. The van der Waals surface area contributed by atoms with E-state index in [1.54, 1.807) is 0 Å². The van der Waals surface area contributed by atoms with Crippen LogP contribution in [0.1, 0.15) is 11.1 Å². The minimum absolute atomic E-state index is 0.999. The molecule has 0 unspecified atom stereocenters. The fourth-order valence-corrected chi connectivity index (χ4v) is 3.65. The monoisotopic (exact) mass is 410 g/mol. The molecule has 2 heterocycles. The lowest BCUT2D eigenvalue weighted by Gasteiger charge is -2.35. The van der Waals surface area contributed by atoms with Gasteiger partial charge in [-0.1, -0.05) is 45.8 Å². The van der Waals surface area contributed by atoms with Crippen LogP contribution >= 0.6 is 15.9 Å². The summed E-state index contributed by atoms with van der Waals surface area (Å²) >= 11 is 3.50. The van der Waals surface area contributed by atoms with Crippen molar-refractivity contribution in [2.75, 3.05) is 31.1 Å². The molecule has 134 valence electrons. The number of anilines is 1. The summed E-state index contributed by atoms with van der Waals surface area (Å²) in [4.78, 5) is 9.52. The highest BCUT2D eigenvalue weighted by molar-refractivity contribution is 9.10. The standard InChI is InChI=1S/C21H23BrN4/c1-17-2-8-20(9-3-17)26-11-10-23-21(26)25-14-12-24(13-15-25)16-18-4-6-19(22)7-5-18/h2-11H,12-16H2,1H3. The third kappa shape index (κ3) is 3.84. The van der Waals surface area contributed by atoms with Crippen LogP contribution in [0.3, 0.4) is 0 Å². The minimum atomic E-state index is 0.999. The van der Waals surface area contributed by atoms with E-state index in [1.165, 1.54) is 16.8 Å². The van der Waals surface area contributed by atoms with E-state index < -0.39 is 0 Å². The Morgan fingerprint density at radius 1 is 0.923 bits per heavy atom. The Balaban J connectivity index is 1.41. The number of nitrogens with zero attached hydrogens (tertiary/aromatic N) is 4.